The molecule has 7 heteroatoms. The van der Waals surface area contributed by atoms with Gasteiger partial charge in [0.1, 0.15) is 5.01 Å². The maximum absolute atomic E-state index is 5.41. The van der Waals surface area contributed by atoms with Gasteiger partial charge >= 0.3 is 0 Å². The molecule has 0 unspecified atom stereocenters. The third-order valence-corrected chi connectivity index (χ3v) is 4.25. The van der Waals surface area contributed by atoms with Gasteiger partial charge in [0.2, 0.25) is 0 Å². The summed E-state index contributed by atoms with van der Waals surface area (Å²) < 4.78 is 5.41. The Balaban J connectivity index is 0.00000312. The van der Waals surface area contributed by atoms with E-state index in [1.54, 1.807) is 11.3 Å². The van der Waals surface area contributed by atoms with Gasteiger partial charge in [-0.3, -0.25) is 0 Å². The molecule has 0 spiro atoms. The molecular weight excluding hydrogens is 447 g/mol. The fourth-order valence-electron chi connectivity index (χ4n) is 2.12. The third kappa shape index (κ3) is 8.15. The Kier molecular flexibility index (Phi) is 10.7. The number of hydrogen-bond donors (Lipinski definition) is 2. The number of benzene rings is 1. The predicted molar refractivity (Wildman–Crippen MR) is 116 cm³/mol. The molecule has 1 aromatic heterocycles. The molecule has 5 nitrogen and oxygen atoms in total. The van der Waals surface area contributed by atoms with Crippen molar-refractivity contribution in [2.45, 2.75) is 40.5 Å². The monoisotopic (exact) mass is 474 g/mol. The van der Waals surface area contributed by atoms with Crippen LogP contribution in [0.1, 0.15) is 34.9 Å². The normalized spacial score (nSPS) is 11.1. The van der Waals surface area contributed by atoms with E-state index in [1.807, 2.05) is 13.1 Å². The van der Waals surface area contributed by atoms with Gasteiger partial charge in [-0.05, 0) is 31.9 Å². The van der Waals surface area contributed by atoms with E-state index in [4.69, 9.17) is 4.74 Å². The third-order valence-electron chi connectivity index (χ3n) is 3.34. The Labute approximate surface area is 171 Å². The summed E-state index contributed by atoms with van der Waals surface area (Å²) in [6, 6.07) is 8.40. The van der Waals surface area contributed by atoms with Gasteiger partial charge in [0.05, 0.1) is 19.7 Å². The molecule has 0 aliphatic heterocycles. The van der Waals surface area contributed by atoms with Crippen LogP contribution >= 0.6 is 35.3 Å². The first-order valence-electron chi connectivity index (χ1n) is 8.30. The van der Waals surface area contributed by atoms with E-state index in [0.717, 1.165) is 24.1 Å². The average Bonchev–Trinajstić information content (AvgIpc) is 3.02. The first kappa shape index (κ1) is 21.9. The van der Waals surface area contributed by atoms with Gasteiger partial charge in [-0.15, -0.1) is 35.3 Å². The van der Waals surface area contributed by atoms with Crippen LogP contribution in [0.5, 0.6) is 0 Å². The molecule has 0 bridgehead atoms. The summed E-state index contributed by atoms with van der Waals surface area (Å²) in [5.41, 5.74) is 2.37. The Morgan fingerprint density at radius 1 is 1.16 bits per heavy atom. The highest BCUT2D eigenvalue weighted by atomic mass is 127. The molecule has 2 rings (SSSR count). The van der Waals surface area contributed by atoms with Gasteiger partial charge < -0.3 is 15.4 Å². The first-order valence-corrected chi connectivity index (χ1v) is 9.12. The number of ether oxygens (including phenoxy) is 1. The molecule has 0 saturated carbocycles. The Bertz CT molecular complexity index is 643. The van der Waals surface area contributed by atoms with Crippen LogP contribution < -0.4 is 10.6 Å². The Morgan fingerprint density at radius 2 is 1.88 bits per heavy atom. The summed E-state index contributed by atoms with van der Waals surface area (Å²) in [5.74, 6) is 0.809. The van der Waals surface area contributed by atoms with Gasteiger partial charge in [0, 0.05) is 24.2 Å². The zero-order valence-electron chi connectivity index (χ0n) is 15.0. The Hall–Kier alpha value is -1.19. The largest absolute Gasteiger partial charge is 0.377 e. The number of nitrogens with one attached hydrogen (secondary N) is 2. The smallest absolute Gasteiger partial charge is 0.191 e. The Morgan fingerprint density at radius 3 is 2.48 bits per heavy atom. The number of aliphatic imine (C=N–C) groups is 1. The molecule has 0 aliphatic rings. The van der Waals surface area contributed by atoms with E-state index in [1.165, 1.54) is 16.0 Å². The minimum Gasteiger partial charge on any atom is -0.377 e. The van der Waals surface area contributed by atoms with E-state index in [2.05, 4.69) is 58.7 Å². The van der Waals surface area contributed by atoms with E-state index < -0.39 is 0 Å². The molecule has 0 aliphatic carbocycles. The molecule has 25 heavy (non-hydrogen) atoms. The zero-order valence-corrected chi connectivity index (χ0v) is 18.2. The SMILES string of the molecule is CCNC(=NCc1ccc(COCC)cc1)NCc1ncc(C)s1.I. The van der Waals surface area contributed by atoms with Crippen LogP contribution in [0, 0.1) is 6.92 Å². The topological polar surface area (TPSA) is 58.5 Å². The van der Waals surface area contributed by atoms with E-state index in [-0.39, 0.29) is 24.0 Å². The summed E-state index contributed by atoms with van der Waals surface area (Å²) in [6.45, 7) is 9.70. The van der Waals surface area contributed by atoms with Crippen LogP contribution in [0.4, 0.5) is 0 Å². The summed E-state index contributed by atoms with van der Waals surface area (Å²) in [6.07, 6.45) is 1.90. The van der Waals surface area contributed by atoms with E-state index in [0.29, 0.717) is 19.7 Å². The van der Waals surface area contributed by atoms with Crippen LogP contribution in [0.3, 0.4) is 0 Å². The lowest BCUT2D eigenvalue weighted by Crippen LogP contribution is -2.36. The quantitative estimate of drug-likeness (QED) is 0.347. The molecule has 0 radical (unpaired) electrons. The summed E-state index contributed by atoms with van der Waals surface area (Å²) >= 11 is 1.70. The van der Waals surface area contributed by atoms with Crippen molar-refractivity contribution in [3.05, 3.63) is 51.5 Å². The van der Waals surface area contributed by atoms with Crippen molar-refractivity contribution >= 4 is 41.3 Å². The summed E-state index contributed by atoms with van der Waals surface area (Å²) in [7, 11) is 0. The highest BCUT2D eigenvalue weighted by Gasteiger charge is 2.02. The fraction of sp³-hybridized carbons (Fsp3) is 0.444. The number of halogens is 1. The van der Waals surface area contributed by atoms with Crippen molar-refractivity contribution in [2.24, 2.45) is 4.99 Å². The van der Waals surface area contributed by atoms with Gasteiger partial charge in [0.15, 0.2) is 5.96 Å². The highest BCUT2D eigenvalue weighted by molar-refractivity contribution is 14.0. The number of aromatic nitrogens is 1. The van der Waals surface area contributed by atoms with Gasteiger partial charge in [-0.2, -0.15) is 0 Å². The minimum absolute atomic E-state index is 0. The minimum atomic E-state index is 0. The zero-order chi connectivity index (χ0) is 17.2. The van der Waals surface area contributed by atoms with Crippen molar-refractivity contribution < 1.29 is 4.74 Å². The maximum atomic E-state index is 5.41. The molecule has 138 valence electrons. The van der Waals surface area contributed by atoms with Gasteiger partial charge in [-0.1, -0.05) is 24.3 Å². The lowest BCUT2D eigenvalue weighted by molar-refractivity contribution is 0.134. The number of thiazole rings is 1. The molecule has 0 amide bonds. The average molecular weight is 474 g/mol. The lowest BCUT2D eigenvalue weighted by atomic mass is 10.1. The van der Waals surface area contributed by atoms with Crippen molar-refractivity contribution in [1.82, 2.24) is 15.6 Å². The second kappa shape index (κ2) is 12.2. The number of guanidine groups is 1. The number of aryl methyl sites for hydroxylation is 1. The standard InChI is InChI=1S/C18H26N4OS.HI/c1-4-19-18(22-12-17-20-10-14(3)24-17)21-11-15-6-8-16(9-7-15)13-23-5-2;/h6-10H,4-5,11-13H2,1-3H3,(H2,19,21,22);1H. The molecule has 2 aromatic rings. The maximum Gasteiger partial charge on any atom is 0.191 e. The predicted octanol–water partition coefficient (Wildman–Crippen LogP) is 3.86. The van der Waals surface area contributed by atoms with Crippen molar-refractivity contribution in [1.29, 1.82) is 0 Å². The van der Waals surface area contributed by atoms with Crippen LogP contribution in [-0.4, -0.2) is 24.1 Å². The molecule has 1 aromatic carbocycles. The van der Waals surface area contributed by atoms with Crippen LogP contribution in [0.2, 0.25) is 0 Å². The molecule has 0 atom stereocenters. The number of nitrogens with zero attached hydrogens (tertiary/aromatic N) is 2. The number of rotatable bonds is 8. The fourth-order valence-corrected chi connectivity index (χ4v) is 2.84. The molecular formula is C18H27IN4OS. The van der Waals surface area contributed by atoms with Gasteiger partial charge in [-0.25, -0.2) is 9.98 Å². The van der Waals surface area contributed by atoms with Crippen LogP contribution in [0.25, 0.3) is 0 Å². The molecule has 0 saturated heterocycles. The molecule has 2 N–H and O–H groups in total. The molecule has 1 heterocycles. The summed E-state index contributed by atoms with van der Waals surface area (Å²) in [5, 5.41) is 7.66. The second-order valence-electron chi connectivity index (χ2n) is 5.37. The van der Waals surface area contributed by atoms with Crippen molar-refractivity contribution in [2.75, 3.05) is 13.2 Å². The number of hydrogen-bond acceptors (Lipinski definition) is 4. The van der Waals surface area contributed by atoms with E-state index in [9.17, 15) is 0 Å². The lowest BCUT2D eigenvalue weighted by Gasteiger charge is -2.10. The summed E-state index contributed by atoms with van der Waals surface area (Å²) in [4.78, 5) is 10.2. The van der Waals surface area contributed by atoms with Crippen LogP contribution in [0.15, 0.2) is 35.5 Å². The van der Waals surface area contributed by atoms with Crippen molar-refractivity contribution in [3.63, 3.8) is 0 Å². The van der Waals surface area contributed by atoms with E-state index >= 15 is 0 Å². The second-order valence-corrected chi connectivity index (χ2v) is 6.69. The molecule has 0 fully saturated rings. The highest BCUT2D eigenvalue weighted by Crippen LogP contribution is 2.10. The first-order chi connectivity index (χ1) is 11.7. The van der Waals surface area contributed by atoms with Gasteiger partial charge in [0.25, 0.3) is 0 Å². The van der Waals surface area contributed by atoms with Crippen LogP contribution in [-0.2, 0) is 24.4 Å². The van der Waals surface area contributed by atoms with Crippen molar-refractivity contribution in [3.8, 4) is 0 Å².